The van der Waals surface area contributed by atoms with E-state index >= 15 is 0 Å². The highest BCUT2D eigenvalue weighted by Gasteiger charge is 2.10. The van der Waals surface area contributed by atoms with Gasteiger partial charge in [-0.1, -0.05) is 23.2 Å². The van der Waals surface area contributed by atoms with E-state index < -0.39 is 0 Å². The van der Waals surface area contributed by atoms with E-state index in [-0.39, 0.29) is 0 Å². The molecule has 0 fully saturated rings. The Morgan fingerprint density at radius 3 is 2.42 bits per heavy atom. The van der Waals surface area contributed by atoms with Gasteiger partial charge in [-0.25, -0.2) is 0 Å². The van der Waals surface area contributed by atoms with Crippen molar-refractivity contribution in [3.8, 4) is 17.2 Å². The van der Waals surface area contributed by atoms with Gasteiger partial charge in [0.1, 0.15) is 5.75 Å². The summed E-state index contributed by atoms with van der Waals surface area (Å²) in [5.74, 6) is 1.68. The number of hydrazone groups is 1. The van der Waals surface area contributed by atoms with Crippen LogP contribution in [0.5, 0.6) is 17.2 Å². The van der Waals surface area contributed by atoms with Crippen molar-refractivity contribution in [3.05, 3.63) is 45.9 Å². The molecule has 0 unspecified atom stereocenters. The molecule has 0 aliphatic carbocycles. The zero-order valence-electron chi connectivity index (χ0n) is 13.6. The van der Waals surface area contributed by atoms with E-state index in [2.05, 4.69) is 10.5 Å². The maximum atomic E-state index is 6.22. The molecule has 5 nitrogen and oxygen atoms in total. The smallest absolute Gasteiger partial charge is 0.179 e. The summed E-state index contributed by atoms with van der Waals surface area (Å²) in [6.07, 6.45) is 1.63. The third-order valence-corrected chi connectivity index (χ3v) is 3.68. The second kappa shape index (κ2) is 8.66. The topological polar surface area (TPSA) is 52.1 Å². The fourth-order valence-electron chi connectivity index (χ4n) is 2.02. The molecule has 2 aromatic carbocycles. The van der Waals surface area contributed by atoms with Crippen LogP contribution in [0, 0.1) is 0 Å². The molecule has 0 aromatic heterocycles. The minimum absolute atomic E-state index is 0.463. The van der Waals surface area contributed by atoms with Crippen LogP contribution in [-0.4, -0.2) is 27.0 Å². The number of ether oxygens (including phenoxy) is 3. The third kappa shape index (κ3) is 4.46. The summed E-state index contributed by atoms with van der Waals surface area (Å²) in [5, 5.41) is 5.14. The summed E-state index contributed by atoms with van der Waals surface area (Å²) in [5.41, 5.74) is 4.40. The number of benzene rings is 2. The van der Waals surface area contributed by atoms with Gasteiger partial charge < -0.3 is 14.2 Å². The molecule has 0 saturated carbocycles. The predicted molar refractivity (Wildman–Crippen MR) is 98.4 cm³/mol. The number of rotatable bonds is 7. The lowest BCUT2D eigenvalue weighted by molar-refractivity contribution is 0.311. The zero-order chi connectivity index (χ0) is 17.5. The molecule has 0 heterocycles. The first-order chi connectivity index (χ1) is 11.6. The molecule has 0 atom stereocenters. The minimum Gasteiger partial charge on any atom is -0.495 e. The molecule has 0 aliphatic rings. The van der Waals surface area contributed by atoms with Gasteiger partial charge in [-0.15, -0.1) is 0 Å². The molecule has 128 valence electrons. The first-order valence-electron chi connectivity index (χ1n) is 7.22. The van der Waals surface area contributed by atoms with Crippen LogP contribution >= 0.6 is 23.2 Å². The Kier molecular flexibility index (Phi) is 6.58. The Bertz CT molecular complexity index is 736. The Morgan fingerprint density at radius 1 is 1.04 bits per heavy atom. The Morgan fingerprint density at radius 2 is 1.79 bits per heavy atom. The van der Waals surface area contributed by atoms with Crippen molar-refractivity contribution in [2.45, 2.75) is 6.92 Å². The van der Waals surface area contributed by atoms with Crippen molar-refractivity contribution in [1.29, 1.82) is 0 Å². The van der Waals surface area contributed by atoms with Gasteiger partial charge in [0.05, 0.1) is 42.8 Å². The lowest BCUT2D eigenvalue weighted by atomic mass is 10.2. The largest absolute Gasteiger partial charge is 0.495 e. The van der Waals surface area contributed by atoms with Crippen LogP contribution in [0.1, 0.15) is 12.5 Å². The Labute approximate surface area is 151 Å². The van der Waals surface area contributed by atoms with Gasteiger partial charge in [0.25, 0.3) is 0 Å². The maximum absolute atomic E-state index is 6.22. The maximum Gasteiger partial charge on any atom is 0.179 e. The first kappa shape index (κ1) is 18.2. The summed E-state index contributed by atoms with van der Waals surface area (Å²) in [6, 6.07) is 8.85. The first-order valence-corrected chi connectivity index (χ1v) is 7.97. The molecule has 0 amide bonds. The highest BCUT2D eigenvalue weighted by atomic mass is 35.5. The van der Waals surface area contributed by atoms with Crippen LogP contribution in [-0.2, 0) is 0 Å². The van der Waals surface area contributed by atoms with Crippen molar-refractivity contribution >= 4 is 35.1 Å². The molecule has 1 N–H and O–H groups in total. The van der Waals surface area contributed by atoms with E-state index in [1.54, 1.807) is 44.7 Å². The minimum atomic E-state index is 0.463. The molecule has 24 heavy (non-hydrogen) atoms. The van der Waals surface area contributed by atoms with Crippen molar-refractivity contribution in [2.24, 2.45) is 5.10 Å². The van der Waals surface area contributed by atoms with Gasteiger partial charge in [0.15, 0.2) is 11.5 Å². The molecule has 0 aliphatic heterocycles. The van der Waals surface area contributed by atoms with Gasteiger partial charge >= 0.3 is 0 Å². The van der Waals surface area contributed by atoms with Crippen molar-refractivity contribution < 1.29 is 14.2 Å². The average molecular weight is 369 g/mol. The quantitative estimate of drug-likeness (QED) is 0.560. The molecule has 2 aromatic rings. The number of anilines is 1. The van der Waals surface area contributed by atoms with Crippen LogP contribution in [0.2, 0.25) is 10.0 Å². The summed E-state index contributed by atoms with van der Waals surface area (Å²) in [6.45, 7) is 2.39. The zero-order valence-corrected chi connectivity index (χ0v) is 15.1. The molecule has 0 saturated heterocycles. The van der Waals surface area contributed by atoms with Crippen molar-refractivity contribution in [3.63, 3.8) is 0 Å². The number of methoxy groups -OCH3 is 2. The predicted octanol–water partition coefficient (Wildman–Crippen LogP) is 4.86. The summed E-state index contributed by atoms with van der Waals surface area (Å²) in [7, 11) is 3.13. The third-order valence-electron chi connectivity index (χ3n) is 3.10. The van der Waals surface area contributed by atoms with Gasteiger partial charge in [-0.3, -0.25) is 5.43 Å². The fourth-order valence-corrected chi connectivity index (χ4v) is 2.55. The SMILES string of the molecule is CCOc1c(Cl)cc(/C=N/Nc2ccc(OC)c(Cl)c2)cc1OC. The monoisotopic (exact) mass is 368 g/mol. The highest BCUT2D eigenvalue weighted by Crippen LogP contribution is 2.36. The van der Waals surface area contributed by atoms with Crippen LogP contribution in [0.15, 0.2) is 35.4 Å². The molecule has 0 bridgehead atoms. The molecular formula is C17H18Cl2N2O3. The van der Waals surface area contributed by atoms with Crippen LogP contribution in [0.3, 0.4) is 0 Å². The van der Waals surface area contributed by atoms with E-state index in [9.17, 15) is 0 Å². The highest BCUT2D eigenvalue weighted by molar-refractivity contribution is 6.32. The lowest BCUT2D eigenvalue weighted by Gasteiger charge is -2.11. The Hall–Kier alpha value is -2.11. The normalized spacial score (nSPS) is 10.7. The van der Waals surface area contributed by atoms with Gasteiger partial charge in [0.2, 0.25) is 0 Å². The number of hydrogen-bond acceptors (Lipinski definition) is 5. The van der Waals surface area contributed by atoms with Crippen LogP contribution in [0.25, 0.3) is 0 Å². The fraction of sp³-hybridized carbons (Fsp3) is 0.235. The van der Waals surface area contributed by atoms with Gasteiger partial charge in [0, 0.05) is 0 Å². The average Bonchev–Trinajstić information content (AvgIpc) is 2.57. The van der Waals surface area contributed by atoms with E-state index in [4.69, 9.17) is 37.4 Å². The summed E-state index contributed by atoms with van der Waals surface area (Å²) < 4.78 is 15.9. The Balaban J connectivity index is 2.14. The molecular weight excluding hydrogens is 351 g/mol. The molecule has 0 radical (unpaired) electrons. The van der Waals surface area contributed by atoms with E-state index in [0.717, 1.165) is 11.3 Å². The molecule has 7 heteroatoms. The lowest BCUT2D eigenvalue weighted by Crippen LogP contribution is -1.98. The molecule has 2 rings (SSSR count). The summed E-state index contributed by atoms with van der Waals surface area (Å²) >= 11 is 12.3. The van der Waals surface area contributed by atoms with Crippen molar-refractivity contribution in [2.75, 3.05) is 26.3 Å². The summed E-state index contributed by atoms with van der Waals surface area (Å²) in [4.78, 5) is 0. The van der Waals surface area contributed by atoms with Gasteiger partial charge in [-0.2, -0.15) is 5.10 Å². The second-order valence-electron chi connectivity index (χ2n) is 4.69. The standard InChI is InChI=1S/C17H18Cl2N2O3/c1-4-24-17-14(19)7-11(8-16(17)23-3)10-20-21-12-5-6-15(22-2)13(18)9-12/h5-10,21H,4H2,1-3H3/b20-10+. The van der Waals surface area contributed by atoms with E-state index in [1.807, 2.05) is 13.0 Å². The van der Waals surface area contributed by atoms with Gasteiger partial charge in [-0.05, 0) is 42.8 Å². The number of hydrogen-bond donors (Lipinski definition) is 1. The molecule has 0 spiro atoms. The van der Waals surface area contributed by atoms with E-state index in [1.165, 1.54) is 0 Å². The number of nitrogens with one attached hydrogen (secondary N) is 1. The second-order valence-corrected chi connectivity index (χ2v) is 5.50. The van der Waals surface area contributed by atoms with Crippen molar-refractivity contribution in [1.82, 2.24) is 0 Å². The number of halogens is 2. The van der Waals surface area contributed by atoms with E-state index in [0.29, 0.717) is 33.9 Å². The van der Waals surface area contributed by atoms with Crippen LogP contribution < -0.4 is 19.6 Å². The number of nitrogens with zero attached hydrogens (tertiary/aromatic N) is 1. The van der Waals surface area contributed by atoms with Crippen LogP contribution in [0.4, 0.5) is 5.69 Å².